The molecule has 2 aromatic rings. The number of carbonyl (C=O) groups excluding carboxylic acids is 1. The highest BCUT2D eigenvalue weighted by molar-refractivity contribution is 7.89. The van der Waals surface area contributed by atoms with Crippen molar-refractivity contribution in [2.75, 3.05) is 45.2 Å². The number of amides is 1. The van der Waals surface area contributed by atoms with Gasteiger partial charge in [0.2, 0.25) is 15.9 Å². The zero-order valence-corrected chi connectivity index (χ0v) is 22.9. The van der Waals surface area contributed by atoms with Crippen molar-refractivity contribution in [2.24, 2.45) is 15.6 Å². The van der Waals surface area contributed by atoms with E-state index >= 15 is 0 Å². The summed E-state index contributed by atoms with van der Waals surface area (Å²) in [6, 6.07) is 13.9. The molecule has 10 heteroatoms. The molecule has 0 atom stereocenters. The smallest absolute Gasteiger partial charge is 0.240 e. The number of azo groups is 1. The number of rotatable bonds is 12. The number of hydrogen-bond acceptors (Lipinski definition) is 7. The maximum atomic E-state index is 12.6. The molecule has 1 saturated heterocycles. The van der Waals surface area contributed by atoms with E-state index in [2.05, 4.69) is 21.9 Å². The third-order valence-corrected chi connectivity index (χ3v) is 8.34. The molecule has 0 aromatic heterocycles. The van der Waals surface area contributed by atoms with Crippen LogP contribution in [0.15, 0.2) is 63.7 Å². The molecule has 0 saturated carbocycles. The van der Waals surface area contributed by atoms with E-state index in [1.54, 1.807) is 12.1 Å². The first-order valence-electron chi connectivity index (χ1n) is 12.8. The van der Waals surface area contributed by atoms with E-state index in [1.807, 2.05) is 48.2 Å². The highest BCUT2D eigenvalue weighted by Crippen LogP contribution is 2.30. The number of piperidine rings is 1. The minimum atomic E-state index is -3.61. The number of benzene rings is 2. The van der Waals surface area contributed by atoms with Gasteiger partial charge < -0.3 is 14.9 Å². The van der Waals surface area contributed by atoms with E-state index in [-0.39, 0.29) is 22.8 Å². The van der Waals surface area contributed by atoms with E-state index in [4.69, 9.17) is 0 Å². The maximum absolute atomic E-state index is 12.6. The van der Waals surface area contributed by atoms with Crippen molar-refractivity contribution >= 4 is 33.0 Å². The second-order valence-electron chi connectivity index (χ2n) is 10.2. The first-order chi connectivity index (χ1) is 17.6. The van der Waals surface area contributed by atoms with Gasteiger partial charge in [-0.25, -0.2) is 13.1 Å². The molecule has 2 N–H and O–H groups in total. The number of unbranched alkanes of at least 4 members (excludes halogenated alkanes) is 2. The Kier molecular flexibility index (Phi) is 10.2. The summed E-state index contributed by atoms with van der Waals surface area (Å²) >= 11 is 0. The van der Waals surface area contributed by atoms with Gasteiger partial charge in [-0.15, -0.1) is 0 Å². The van der Waals surface area contributed by atoms with Crippen LogP contribution in [0.5, 0.6) is 0 Å². The van der Waals surface area contributed by atoms with Gasteiger partial charge in [0, 0.05) is 52.4 Å². The first-order valence-corrected chi connectivity index (χ1v) is 14.3. The summed E-state index contributed by atoms with van der Waals surface area (Å²) in [5, 5.41) is 17.8. The van der Waals surface area contributed by atoms with Gasteiger partial charge in [0.1, 0.15) is 0 Å². The predicted octanol–water partition coefficient (Wildman–Crippen LogP) is 4.63. The Hall–Kier alpha value is -2.82. The molecule has 1 fully saturated rings. The maximum Gasteiger partial charge on any atom is 0.240 e. The van der Waals surface area contributed by atoms with Crippen LogP contribution in [0.2, 0.25) is 0 Å². The minimum Gasteiger partial charge on any atom is -0.396 e. The number of sulfonamides is 1. The van der Waals surface area contributed by atoms with E-state index in [0.717, 1.165) is 31.4 Å². The number of aliphatic hydroxyl groups excluding tert-OH is 1. The van der Waals surface area contributed by atoms with Crippen LogP contribution in [0, 0.1) is 5.41 Å². The van der Waals surface area contributed by atoms with E-state index in [9.17, 15) is 18.3 Å². The average molecular weight is 530 g/mol. The Morgan fingerprint density at radius 1 is 0.973 bits per heavy atom. The van der Waals surface area contributed by atoms with Gasteiger partial charge in [0.25, 0.3) is 0 Å². The van der Waals surface area contributed by atoms with Crippen molar-refractivity contribution in [3.05, 3.63) is 48.5 Å². The highest BCUT2D eigenvalue weighted by Gasteiger charge is 2.30. The number of aliphatic hydroxyl groups is 1. The standard InChI is InChI=1S/C27H39N5O4S/c1-27(21-33)16-19-32(20-17-27)26(34)7-5-4-6-18-28-37(35,36)25-14-10-23(11-15-25)30-29-22-8-12-24(13-9-22)31(2)3/h8-15,28,33H,4-7,16-21H2,1-3H3. The third kappa shape index (κ3) is 8.62. The van der Waals surface area contributed by atoms with Crippen LogP contribution in [-0.4, -0.2) is 64.7 Å². The average Bonchev–Trinajstić information content (AvgIpc) is 2.90. The number of nitrogens with one attached hydrogen (secondary N) is 1. The van der Waals surface area contributed by atoms with Crippen molar-refractivity contribution in [1.82, 2.24) is 9.62 Å². The molecule has 1 aliphatic rings. The van der Waals surface area contributed by atoms with Crippen LogP contribution in [0.3, 0.4) is 0 Å². The summed E-state index contributed by atoms with van der Waals surface area (Å²) < 4.78 is 27.8. The fraction of sp³-hybridized carbons (Fsp3) is 0.519. The Bertz CT molecular complexity index is 1140. The molecule has 202 valence electrons. The summed E-state index contributed by atoms with van der Waals surface area (Å²) in [5.74, 6) is 0.142. The molecule has 1 aliphatic heterocycles. The van der Waals surface area contributed by atoms with Gasteiger partial charge in [-0.2, -0.15) is 10.2 Å². The summed E-state index contributed by atoms with van der Waals surface area (Å²) in [6.45, 7) is 3.92. The van der Waals surface area contributed by atoms with Gasteiger partial charge in [-0.1, -0.05) is 13.3 Å². The van der Waals surface area contributed by atoms with E-state index < -0.39 is 10.0 Å². The number of nitrogens with zero attached hydrogens (tertiary/aromatic N) is 4. The fourth-order valence-electron chi connectivity index (χ4n) is 4.10. The lowest BCUT2D eigenvalue weighted by atomic mass is 9.81. The molecule has 9 nitrogen and oxygen atoms in total. The number of carbonyl (C=O) groups is 1. The number of hydrogen-bond donors (Lipinski definition) is 2. The third-order valence-electron chi connectivity index (χ3n) is 6.86. The van der Waals surface area contributed by atoms with Crippen molar-refractivity contribution in [3.63, 3.8) is 0 Å². The van der Waals surface area contributed by atoms with E-state index in [0.29, 0.717) is 43.9 Å². The predicted molar refractivity (Wildman–Crippen MR) is 146 cm³/mol. The van der Waals surface area contributed by atoms with Gasteiger partial charge in [0.15, 0.2) is 0 Å². The minimum absolute atomic E-state index is 0.0723. The van der Waals surface area contributed by atoms with Crippen LogP contribution >= 0.6 is 0 Å². The Balaban J connectivity index is 1.37. The quantitative estimate of drug-likeness (QED) is 0.307. The van der Waals surface area contributed by atoms with Gasteiger partial charge >= 0.3 is 0 Å². The van der Waals surface area contributed by atoms with Crippen LogP contribution in [0.4, 0.5) is 17.1 Å². The second kappa shape index (κ2) is 13.1. The zero-order chi connectivity index (χ0) is 26.9. The summed E-state index contributed by atoms with van der Waals surface area (Å²) in [6.07, 6.45) is 4.28. The zero-order valence-electron chi connectivity index (χ0n) is 22.1. The lowest BCUT2D eigenvalue weighted by molar-refractivity contribution is -0.134. The monoisotopic (exact) mass is 529 g/mol. The first kappa shape index (κ1) is 28.7. The second-order valence-corrected chi connectivity index (χ2v) is 11.9. The Morgan fingerprint density at radius 3 is 2.08 bits per heavy atom. The number of likely N-dealkylation sites (tertiary alicyclic amines) is 1. The van der Waals surface area contributed by atoms with Crippen LogP contribution in [0.1, 0.15) is 45.4 Å². The SMILES string of the molecule is CN(C)c1ccc(N=Nc2ccc(S(=O)(=O)NCCCCCC(=O)N3CCC(C)(CO)CC3)cc2)cc1. The Morgan fingerprint density at radius 2 is 1.54 bits per heavy atom. The summed E-state index contributed by atoms with van der Waals surface area (Å²) in [5.41, 5.74) is 2.28. The molecule has 3 rings (SSSR count). The summed E-state index contributed by atoms with van der Waals surface area (Å²) in [4.78, 5) is 16.5. The lowest BCUT2D eigenvalue weighted by Crippen LogP contribution is -2.43. The molecule has 0 aliphatic carbocycles. The Labute approximate surface area is 220 Å². The molecule has 1 amide bonds. The molecule has 2 aromatic carbocycles. The van der Waals surface area contributed by atoms with E-state index in [1.165, 1.54) is 12.1 Å². The van der Waals surface area contributed by atoms with Crippen LogP contribution in [-0.2, 0) is 14.8 Å². The largest absolute Gasteiger partial charge is 0.396 e. The van der Waals surface area contributed by atoms with Crippen molar-refractivity contribution < 1.29 is 18.3 Å². The van der Waals surface area contributed by atoms with Crippen LogP contribution < -0.4 is 9.62 Å². The topological polar surface area (TPSA) is 115 Å². The van der Waals surface area contributed by atoms with Crippen molar-refractivity contribution in [1.29, 1.82) is 0 Å². The van der Waals surface area contributed by atoms with Crippen LogP contribution in [0.25, 0.3) is 0 Å². The molecular formula is C27H39N5O4S. The summed E-state index contributed by atoms with van der Waals surface area (Å²) in [7, 11) is 0.322. The van der Waals surface area contributed by atoms with Gasteiger partial charge in [-0.05, 0) is 79.6 Å². The molecule has 37 heavy (non-hydrogen) atoms. The molecule has 0 unspecified atom stereocenters. The molecule has 0 radical (unpaired) electrons. The molecular weight excluding hydrogens is 490 g/mol. The van der Waals surface area contributed by atoms with Crippen molar-refractivity contribution in [3.8, 4) is 0 Å². The normalized spacial score (nSPS) is 15.7. The fourth-order valence-corrected chi connectivity index (χ4v) is 5.18. The van der Waals surface area contributed by atoms with Gasteiger partial charge in [0.05, 0.1) is 16.3 Å². The molecule has 0 spiro atoms. The lowest BCUT2D eigenvalue weighted by Gasteiger charge is -2.38. The molecule has 1 heterocycles. The molecule has 0 bridgehead atoms. The van der Waals surface area contributed by atoms with Crippen molar-refractivity contribution in [2.45, 2.75) is 50.3 Å². The number of anilines is 1. The van der Waals surface area contributed by atoms with Gasteiger partial charge in [-0.3, -0.25) is 4.79 Å². The highest BCUT2D eigenvalue weighted by atomic mass is 32.2.